The van der Waals surface area contributed by atoms with Gasteiger partial charge in [-0.3, -0.25) is 0 Å². The average Bonchev–Trinajstić information content (AvgIpc) is 2.87. The van der Waals surface area contributed by atoms with Gasteiger partial charge in [-0.1, -0.05) is 12.8 Å². The van der Waals surface area contributed by atoms with Gasteiger partial charge in [-0.2, -0.15) is 11.3 Å². The number of hydrogen-bond acceptors (Lipinski definition) is 3. The Kier molecular flexibility index (Phi) is 4.06. The molecule has 0 spiro atoms. The molecule has 0 aliphatic heterocycles. The highest BCUT2D eigenvalue weighted by Gasteiger charge is 2.42. The smallest absolute Gasteiger partial charge is 0.110 e. The highest BCUT2D eigenvalue weighted by Crippen LogP contribution is 2.45. The third kappa shape index (κ3) is 2.21. The molecule has 0 radical (unpaired) electrons. The second-order valence-electron chi connectivity index (χ2n) is 4.28. The summed E-state index contributed by atoms with van der Waals surface area (Å²) in [5, 5.41) is 14.5. The topological polar surface area (TPSA) is 29.5 Å². The third-order valence-electron chi connectivity index (χ3n) is 3.32. The van der Waals surface area contributed by atoms with Gasteiger partial charge in [-0.25, -0.2) is 0 Å². The van der Waals surface area contributed by atoms with E-state index in [4.69, 9.17) is 4.74 Å². The van der Waals surface area contributed by atoms with E-state index in [0.717, 1.165) is 35.7 Å². The number of hydrogen-bond donors (Lipinski definition) is 1. The van der Waals surface area contributed by atoms with E-state index in [9.17, 15) is 5.11 Å². The molecule has 0 amide bonds. The Balaban J connectivity index is 2.23. The molecule has 1 aliphatic carbocycles. The molecule has 1 unspecified atom stereocenters. The first-order valence-electron chi connectivity index (χ1n) is 5.73. The first kappa shape index (κ1) is 12.6. The minimum Gasteiger partial charge on any atom is -0.385 e. The first-order valence-corrected chi connectivity index (χ1v) is 7.47. The second kappa shape index (κ2) is 5.17. The third-order valence-corrected chi connectivity index (χ3v) is 5.07. The number of aliphatic hydroxyl groups is 1. The zero-order chi connectivity index (χ0) is 11.6. The van der Waals surface area contributed by atoms with Gasteiger partial charge < -0.3 is 9.84 Å². The molecule has 2 rings (SSSR count). The van der Waals surface area contributed by atoms with E-state index < -0.39 is 6.10 Å². The standard InChI is InChI=1S/C12H17BrO2S/c1-2-15-12(5-3-4-6-12)11(14)9-7-16-8-10(9)13/h7-8,11,14H,2-6H2,1H3. The summed E-state index contributed by atoms with van der Waals surface area (Å²) in [6, 6.07) is 0. The summed E-state index contributed by atoms with van der Waals surface area (Å²) in [5.74, 6) is 0. The molecule has 0 bridgehead atoms. The fraction of sp³-hybridized carbons (Fsp3) is 0.667. The molecule has 1 N–H and O–H groups in total. The van der Waals surface area contributed by atoms with Crippen LogP contribution in [0.15, 0.2) is 15.2 Å². The van der Waals surface area contributed by atoms with E-state index in [-0.39, 0.29) is 5.60 Å². The van der Waals surface area contributed by atoms with E-state index in [0.29, 0.717) is 6.61 Å². The SMILES string of the molecule is CCOC1(C(O)c2cscc2Br)CCCC1. The first-order chi connectivity index (χ1) is 7.69. The fourth-order valence-electron chi connectivity index (χ4n) is 2.53. The molecule has 1 fully saturated rings. The lowest BCUT2D eigenvalue weighted by molar-refractivity contribution is -0.118. The predicted octanol–water partition coefficient (Wildman–Crippen LogP) is 3.89. The summed E-state index contributed by atoms with van der Waals surface area (Å²) in [7, 11) is 0. The van der Waals surface area contributed by atoms with Crippen LogP contribution in [0.2, 0.25) is 0 Å². The van der Waals surface area contributed by atoms with Crippen molar-refractivity contribution in [2.45, 2.75) is 44.3 Å². The van der Waals surface area contributed by atoms with Crippen molar-refractivity contribution in [1.82, 2.24) is 0 Å². The summed E-state index contributed by atoms with van der Waals surface area (Å²) < 4.78 is 6.86. The maximum Gasteiger partial charge on any atom is 0.110 e. The van der Waals surface area contributed by atoms with Crippen molar-refractivity contribution in [2.75, 3.05) is 6.61 Å². The van der Waals surface area contributed by atoms with Gasteiger partial charge in [-0.15, -0.1) is 0 Å². The van der Waals surface area contributed by atoms with Crippen LogP contribution < -0.4 is 0 Å². The summed E-state index contributed by atoms with van der Waals surface area (Å²) in [5.41, 5.74) is 0.624. The zero-order valence-electron chi connectivity index (χ0n) is 9.41. The number of ether oxygens (including phenoxy) is 1. The normalized spacial score (nSPS) is 21.2. The van der Waals surface area contributed by atoms with Gasteiger partial charge in [0, 0.05) is 22.0 Å². The Hall–Kier alpha value is 0.100. The van der Waals surface area contributed by atoms with Crippen LogP contribution >= 0.6 is 27.3 Å². The Labute approximate surface area is 109 Å². The molecule has 1 aromatic rings. The molecule has 1 aromatic heterocycles. The Morgan fingerprint density at radius 2 is 2.19 bits per heavy atom. The molecule has 0 saturated heterocycles. The molecule has 90 valence electrons. The summed E-state index contributed by atoms with van der Waals surface area (Å²) >= 11 is 5.09. The summed E-state index contributed by atoms with van der Waals surface area (Å²) in [6.45, 7) is 2.66. The molecule has 1 aliphatic rings. The Morgan fingerprint density at radius 3 is 2.69 bits per heavy atom. The van der Waals surface area contributed by atoms with Crippen LogP contribution in [0.5, 0.6) is 0 Å². The van der Waals surface area contributed by atoms with Crippen molar-refractivity contribution in [3.05, 3.63) is 20.8 Å². The van der Waals surface area contributed by atoms with Crippen LogP contribution in [-0.4, -0.2) is 17.3 Å². The monoisotopic (exact) mass is 304 g/mol. The average molecular weight is 305 g/mol. The van der Waals surface area contributed by atoms with Crippen molar-refractivity contribution >= 4 is 27.3 Å². The number of aliphatic hydroxyl groups excluding tert-OH is 1. The van der Waals surface area contributed by atoms with E-state index in [1.54, 1.807) is 11.3 Å². The number of thiophene rings is 1. The van der Waals surface area contributed by atoms with Crippen molar-refractivity contribution in [2.24, 2.45) is 0 Å². The Bertz CT molecular complexity index is 345. The van der Waals surface area contributed by atoms with Gasteiger partial charge in [0.2, 0.25) is 0 Å². The van der Waals surface area contributed by atoms with Crippen LogP contribution in [0, 0.1) is 0 Å². The predicted molar refractivity (Wildman–Crippen MR) is 69.8 cm³/mol. The molecule has 0 aromatic carbocycles. The van der Waals surface area contributed by atoms with Crippen LogP contribution in [0.3, 0.4) is 0 Å². The minimum absolute atomic E-state index is 0.349. The molecule has 16 heavy (non-hydrogen) atoms. The van der Waals surface area contributed by atoms with Gasteiger partial charge in [0.1, 0.15) is 6.10 Å². The lowest BCUT2D eigenvalue weighted by atomic mass is 9.90. The van der Waals surface area contributed by atoms with E-state index in [2.05, 4.69) is 15.9 Å². The lowest BCUT2D eigenvalue weighted by Gasteiger charge is -2.34. The summed E-state index contributed by atoms with van der Waals surface area (Å²) in [4.78, 5) is 0. The second-order valence-corrected chi connectivity index (χ2v) is 5.88. The molecular weight excluding hydrogens is 288 g/mol. The molecule has 2 nitrogen and oxygen atoms in total. The largest absolute Gasteiger partial charge is 0.385 e. The quantitative estimate of drug-likeness (QED) is 0.914. The number of halogens is 1. The molecule has 1 atom stereocenters. The van der Waals surface area contributed by atoms with E-state index >= 15 is 0 Å². The maximum atomic E-state index is 10.5. The van der Waals surface area contributed by atoms with Crippen molar-refractivity contribution < 1.29 is 9.84 Å². The van der Waals surface area contributed by atoms with Gasteiger partial charge in [-0.05, 0) is 41.1 Å². The van der Waals surface area contributed by atoms with Crippen LogP contribution in [0.25, 0.3) is 0 Å². The number of rotatable bonds is 4. The minimum atomic E-state index is -0.504. The van der Waals surface area contributed by atoms with Gasteiger partial charge in [0.15, 0.2) is 0 Å². The van der Waals surface area contributed by atoms with Crippen LogP contribution in [-0.2, 0) is 4.74 Å². The zero-order valence-corrected chi connectivity index (χ0v) is 11.8. The molecule has 1 heterocycles. The van der Waals surface area contributed by atoms with Gasteiger partial charge in [0.25, 0.3) is 0 Å². The van der Waals surface area contributed by atoms with Crippen molar-refractivity contribution in [3.8, 4) is 0 Å². The highest BCUT2D eigenvalue weighted by atomic mass is 79.9. The Morgan fingerprint density at radius 1 is 1.50 bits per heavy atom. The van der Waals surface area contributed by atoms with Crippen molar-refractivity contribution in [1.29, 1.82) is 0 Å². The fourth-order valence-corrected chi connectivity index (χ4v) is 4.06. The highest BCUT2D eigenvalue weighted by molar-refractivity contribution is 9.10. The van der Waals surface area contributed by atoms with Crippen molar-refractivity contribution in [3.63, 3.8) is 0 Å². The summed E-state index contributed by atoms with van der Waals surface area (Å²) in [6.07, 6.45) is 3.72. The van der Waals surface area contributed by atoms with Crippen LogP contribution in [0.1, 0.15) is 44.3 Å². The van der Waals surface area contributed by atoms with E-state index in [1.165, 1.54) is 0 Å². The lowest BCUT2D eigenvalue weighted by Crippen LogP contribution is -2.36. The van der Waals surface area contributed by atoms with Gasteiger partial charge in [0.05, 0.1) is 5.60 Å². The molecule has 4 heteroatoms. The van der Waals surface area contributed by atoms with Crippen LogP contribution in [0.4, 0.5) is 0 Å². The maximum absolute atomic E-state index is 10.5. The molecule has 1 saturated carbocycles. The van der Waals surface area contributed by atoms with E-state index in [1.807, 2.05) is 17.7 Å². The molecular formula is C12H17BrO2S. The van der Waals surface area contributed by atoms with Gasteiger partial charge >= 0.3 is 0 Å².